The second-order valence-corrected chi connectivity index (χ2v) is 4.73. The Morgan fingerprint density at radius 3 is 2.70 bits per heavy atom. The number of carboxylic acid groups (broad SMARTS) is 1. The Labute approximate surface area is 119 Å². The van der Waals surface area contributed by atoms with Crippen molar-refractivity contribution in [1.29, 1.82) is 5.26 Å². The minimum absolute atomic E-state index is 0.291. The number of aliphatic carboxylic acids is 1. The van der Waals surface area contributed by atoms with Gasteiger partial charge in [0.05, 0.1) is 22.3 Å². The molecular formula is C13H11ClN2O4. The van der Waals surface area contributed by atoms with Gasteiger partial charge < -0.3 is 15.2 Å². The van der Waals surface area contributed by atoms with Crippen LogP contribution in [-0.2, 0) is 14.3 Å². The molecule has 20 heavy (non-hydrogen) atoms. The summed E-state index contributed by atoms with van der Waals surface area (Å²) in [4.78, 5) is 22.7. The van der Waals surface area contributed by atoms with Crippen molar-refractivity contribution in [3.05, 3.63) is 28.8 Å². The van der Waals surface area contributed by atoms with Crippen LogP contribution in [0.1, 0.15) is 18.4 Å². The predicted octanol–water partition coefficient (Wildman–Crippen LogP) is 1.78. The molecule has 0 aromatic heterocycles. The number of hydrogen-bond donors (Lipinski definition) is 2. The molecule has 1 fully saturated rings. The molecule has 1 aromatic rings. The molecule has 1 amide bonds. The van der Waals surface area contributed by atoms with Crippen molar-refractivity contribution in [2.75, 3.05) is 5.32 Å². The lowest BCUT2D eigenvalue weighted by Crippen LogP contribution is -2.30. The van der Waals surface area contributed by atoms with E-state index >= 15 is 0 Å². The minimum atomic E-state index is -1.08. The summed E-state index contributed by atoms with van der Waals surface area (Å²) in [7, 11) is 0. The number of halogens is 1. The summed E-state index contributed by atoms with van der Waals surface area (Å²) in [5, 5.41) is 20.4. The highest BCUT2D eigenvalue weighted by Crippen LogP contribution is 2.25. The highest BCUT2D eigenvalue weighted by Gasteiger charge is 2.34. The van der Waals surface area contributed by atoms with E-state index in [2.05, 4.69) is 5.32 Å². The maximum Gasteiger partial charge on any atom is 0.332 e. The van der Waals surface area contributed by atoms with Gasteiger partial charge >= 0.3 is 5.97 Å². The van der Waals surface area contributed by atoms with Crippen LogP contribution in [0.3, 0.4) is 0 Å². The fraction of sp³-hybridized carbons (Fsp3) is 0.308. The summed E-state index contributed by atoms with van der Waals surface area (Å²) in [6.45, 7) is 0. The molecule has 0 aliphatic carbocycles. The van der Waals surface area contributed by atoms with Crippen LogP contribution >= 0.6 is 11.6 Å². The van der Waals surface area contributed by atoms with Crippen molar-refractivity contribution in [2.24, 2.45) is 0 Å². The molecule has 2 rings (SSSR count). The highest BCUT2D eigenvalue weighted by atomic mass is 35.5. The van der Waals surface area contributed by atoms with Crippen molar-refractivity contribution in [1.82, 2.24) is 0 Å². The van der Waals surface area contributed by atoms with Gasteiger partial charge in [-0.3, -0.25) is 4.79 Å². The number of rotatable bonds is 3. The topological polar surface area (TPSA) is 99.4 Å². The number of nitrogens with one attached hydrogen (secondary N) is 1. The molecule has 2 atom stereocenters. The number of nitrogens with zero attached hydrogens (tertiary/aromatic N) is 1. The van der Waals surface area contributed by atoms with Gasteiger partial charge in [0, 0.05) is 0 Å². The van der Waals surface area contributed by atoms with E-state index < -0.39 is 24.1 Å². The van der Waals surface area contributed by atoms with Gasteiger partial charge in [-0.05, 0) is 31.0 Å². The van der Waals surface area contributed by atoms with Gasteiger partial charge in [-0.1, -0.05) is 11.6 Å². The lowest BCUT2D eigenvalue weighted by molar-refractivity contribution is -0.150. The van der Waals surface area contributed by atoms with Gasteiger partial charge in [0.2, 0.25) is 0 Å². The summed E-state index contributed by atoms with van der Waals surface area (Å²) in [5.74, 6) is -1.55. The zero-order valence-electron chi connectivity index (χ0n) is 10.3. The Morgan fingerprint density at radius 1 is 1.40 bits per heavy atom. The molecule has 6 nitrogen and oxygen atoms in total. The normalized spacial score (nSPS) is 21.2. The zero-order valence-corrected chi connectivity index (χ0v) is 11.1. The number of benzene rings is 1. The van der Waals surface area contributed by atoms with Crippen molar-refractivity contribution >= 4 is 29.2 Å². The van der Waals surface area contributed by atoms with E-state index in [1.54, 1.807) is 0 Å². The van der Waals surface area contributed by atoms with E-state index in [0.717, 1.165) is 0 Å². The molecule has 1 heterocycles. The van der Waals surface area contributed by atoms with Crippen LogP contribution in [0.4, 0.5) is 5.69 Å². The second kappa shape index (κ2) is 5.90. The number of carboxylic acids is 1. The van der Waals surface area contributed by atoms with E-state index in [1.165, 1.54) is 18.2 Å². The summed E-state index contributed by atoms with van der Waals surface area (Å²) in [5.41, 5.74) is 0.665. The monoisotopic (exact) mass is 294 g/mol. The second-order valence-electron chi connectivity index (χ2n) is 4.32. The van der Waals surface area contributed by atoms with Gasteiger partial charge in [-0.2, -0.15) is 5.26 Å². The van der Waals surface area contributed by atoms with Crippen molar-refractivity contribution in [3.63, 3.8) is 0 Å². The van der Waals surface area contributed by atoms with Crippen LogP contribution in [0.25, 0.3) is 0 Å². The highest BCUT2D eigenvalue weighted by molar-refractivity contribution is 6.33. The van der Waals surface area contributed by atoms with Crippen LogP contribution in [-0.4, -0.2) is 29.2 Å². The molecule has 0 bridgehead atoms. The Kier molecular flexibility index (Phi) is 4.23. The number of nitriles is 1. The molecule has 1 aliphatic rings. The Hall–Kier alpha value is -2.10. The molecular weight excluding hydrogens is 284 g/mol. The van der Waals surface area contributed by atoms with Crippen LogP contribution in [0.15, 0.2) is 18.2 Å². The zero-order chi connectivity index (χ0) is 14.7. The number of carbonyl (C=O) groups excluding carboxylic acids is 1. The van der Waals surface area contributed by atoms with E-state index in [9.17, 15) is 9.59 Å². The van der Waals surface area contributed by atoms with Crippen LogP contribution in [0, 0.1) is 11.3 Å². The third-order valence-corrected chi connectivity index (χ3v) is 3.27. The quantitative estimate of drug-likeness (QED) is 0.885. The fourth-order valence-electron chi connectivity index (χ4n) is 1.92. The summed E-state index contributed by atoms with van der Waals surface area (Å²) in [6.07, 6.45) is -1.15. The molecule has 104 valence electrons. The summed E-state index contributed by atoms with van der Waals surface area (Å²) in [6, 6.07) is 6.43. The molecule has 0 spiro atoms. The third kappa shape index (κ3) is 3.07. The van der Waals surface area contributed by atoms with Crippen LogP contribution in [0.2, 0.25) is 5.02 Å². The molecule has 0 saturated carbocycles. The fourth-order valence-corrected chi connectivity index (χ4v) is 2.08. The molecule has 1 saturated heterocycles. The molecule has 1 aromatic carbocycles. The van der Waals surface area contributed by atoms with Crippen molar-refractivity contribution in [3.8, 4) is 6.07 Å². The largest absolute Gasteiger partial charge is 0.479 e. The first-order valence-electron chi connectivity index (χ1n) is 5.90. The van der Waals surface area contributed by atoms with Crippen molar-refractivity contribution < 1.29 is 19.4 Å². The van der Waals surface area contributed by atoms with Crippen molar-refractivity contribution in [2.45, 2.75) is 25.0 Å². The molecule has 0 unspecified atom stereocenters. The number of ether oxygens (including phenoxy) is 1. The number of anilines is 1. The molecule has 1 aliphatic heterocycles. The van der Waals surface area contributed by atoms with Gasteiger partial charge in [0.15, 0.2) is 6.10 Å². The minimum Gasteiger partial charge on any atom is -0.479 e. The third-order valence-electron chi connectivity index (χ3n) is 2.94. The molecule has 7 heteroatoms. The lowest BCUT2D eigenvalue weighted by atomic mass is 10.1. The number of amides is 1. The SMILES string of the molecule is N#Cc1ccc(Cl)c(NC(=O)[C@@H]2CC[C@H](C(=O)O)O2)c1. The Balaban J connectivity index is 2.06. The average Bonchev–Trinajstić information content (AvgIpc) is 2.91. The first kappa shape index (κ1) is 14.3. The van der Waals surface area contributed by atoms with Gasteiger partial charge in [0.1, 0.15) is 6.10 Å². The van der Waals surface area contributed by atoms with E-state index in [-0.39, 0.29) is 0 Å². The maximum absolute atomic E-state index is 12.0. The Bertz CT molecular complexity index is 597. The number of hydrogen-bond acceptors (Lipinski definition) is 4. The van der Waals surface area contributed by atoms with Gasteiger partial charge in [0.25, 0.3) is 5.91 Å². The van der Waals surface area contributed by atoms with Crippen LogP contribution < -0.4 is 5.32 Å². The maximum atomic E-state index is 12.0. The first-order chi connectivity index (χ1) is 9.51. The van der Waals surface area contributed by atoms with E-state index in [4.69, 9.17) is 26.7 Å². The van der Waals surface area contributed by atoms with E-state index in [1.807, 2.05) is 6.07 Å². The first-order valence-corrected chi connectivity index (χ1v) is 6.28. The van der Waals surface area contributed by atoms with Gasteiger partial charge in [-0.25, -0.2) is 4.79 Å². The lowest BCUT2D eigenvalue weighted by Gasteiger charge is -2.12. The average molecular weight is 295 g/mol. The molecule has 0 radical (unpaired) electrons. The Morgan fingerprint density at radius 2 is 2.10 bits per heavy atom. The van der Waals surface area contributed by atoms with E-state index in [0.29, 0.717) is 29.1 Å². The smallest absolute Gasteiger partial charge is 0.332 e. The summed E-state index contributed by atoms with van der Waals surface area (Å²) < 4.78 is 5.13. The predicted molar refractivity (Wildman–Crippen MR) is 70.3 cm³/mol. The molecule has 2 N–H and O–H groups in total. The summed E-state index contributed by atoms with van der Waals surface area (Å²) >= 11 is 5.92. The standard InChI is InChI=1S/C13H11ClN2O4/c14-8-2-1-7(6-15)5-9(8)16-12(17)10-3-4-11(20-10)13(18)19/h1-2,5,10-11H,3-4H2,(H,16,17)(H,18,19)/t10-,11+/m0/s1. The van der Waals surface area contributed by atoms with Gasteiger partial charge in [-0.15, -0.1) is 0 Å². The van der Waals surface area contributed by atoms with Crippen LogP contribution in [0.5, 0.6) is 0 Å². The number of carbonyl (C=O) groups is 2.